The van der Waals surface area contributed by atoms with Gasteiger partial charge in [0.25, 0.3) is 0 Å². The van der Waals surface area contributed by atoms with E-state index >= 15 is 0 Å². The molecule has 0 atom stereocenters. The smallest absolute Gasteiger partial charge is 0.335 e. The number of nitrogens with two attached hydrogens (primary N) is 2. The molecule has 7 nitrogen and oxygen atoms in total. The number of rotatable bonds is 7. The average molecular weight is 387 g/mol. The van der Waals surface area contributed by atoms with Gasteiger partial charge in [-0.1, -0.05) is 18.2 Å². The van der Waals surface area contributed by atoms with Gasteiger partial charge in [0.2, 0.25) is 10.0 Å². The molecule has 0 spiro atoms. The number of hydrogen-bond acceptors (Lipinski definition) is 5. The molecule has 2 rings (SSSR count). The first-order chi connectivity index (χ1) is 11.3. The summed E-state index contributed by atoms with van der Waals surface area (Å²) in [6.45, 7) is 0.368. The van der Waals surface area contributed by atoms with Gasteiger partial charge < -0.3 is 15.6 Å². The van der Waals surface area contributed by atoms with Crippen molar-refractivity contribution in [2.45, 2.75) is 17.7 Å². The number of hydrogen-bond donors (Lipinski definition) is 3. The van der Waals surface area contributed by atoms with Crippen LogP contribution >= 0.6 is 12.4 Å². The van der Waals surface area contributed by atoms with Crippen LogP contribution in [-0.4, -0.2) is 26.0 Å². The summed E-state index contributed by atoms with van der Waals surface area (Å²) < 4.78 is 29.6. The van der Waals surface area contributed by atoms with Gasteiger partial charge in [-0.3, -0.25) is 0 Å². The maximum atomic E-state index is 11.9. The lowest BCUT2D eigenvalue weighted by Crippen LogP contribution is -2.16. The van der Waals surface area contributed by atoms with Crippen molar-refractivity contribution in [3.05, 3.63) is 53.6 Å². The Labute approximate surface area is 152 Å². The number of primary sulfonamides is 1. The highest BCUT2D eigenvalue weighted by molar-refractivity contribution is 7.89. The predicted molar refractivity (Wildman–Crippen MR) is 95.9 cm³/mol. The van der Waals surface area contributed by atoms with E-state index in [0.717, 1.165) is 6.07 Å². The molecule has 25 heavy (non-hydrogen) atoms. The zero-order chi connectivity index (χ0) is 17.7. The first-order valence-corrected chi connectivity index (χ1v) is 8.73. The van der Waals surface area contributed by atoms with E-state index in [2.05, 4.69) is 0 Å². The summed E-state index contributed by atoms with van der Waals surface area (Å²) in [5, 5.41) is 14.5. The van der Waals surface area contributed by atoms with Crippen molar-refractivity contribution in [2.24, 2.45) is 10.9 Å². The summed E-state index contributed by atoms with van der Waals surface area (Å²) in [6, 6.07) is 11.0. The van der Waals surface area contributed by atoms with Crippen molar-refractivity contribution in [2.75, 3.05) is 6.54 Å². The van der Waals surface area contributed by atoms with Gasteiger partial charge >= 0.3 is 5.97 Å². The molecule has 0 bridgehead atoms. The number of sulfonamides is 1. The third-order valence-corrected chi connectivity index (χ3v) is 4.21. The number of para-hydroxylation sites is 1. The average Bonchev–Trinajstić information content (AvgIpc) is 2.53. The first kappa shape index (κ1) is 20.9. The molecule has 9 heteroatoms. The summed E-state index contributed by atoms with van der Waals surface area (Å²) in [5.74, 6) is -0.804. The Kier molecular flexibility index (Phi) is 7.38. The summed E-state index contributed by atoms with van der Waals surface area (Å²) in [6.07, 6.45) is 0.903. The fourth-order valence-corrected chi connectivity index (χ4v) is 2.92. The molecule has 0 aliphatic carbocycles. The summed E-state index contributed by atoms with van der Waals surface area (Å²) in [5.41, 5.74) is 5.75. The number of aromatic carboxylic acids is 1. The molecule has 0 unspecified atom stereocenters. The Hall–Kier alpha value is -2.13. The molecule has 2 aromatic rings. The van der Waals surface area contributed by atoms with Gasteiger partial charge in [-0.2, -0.15) is 0 Å². The van der Waals surface area contributed by atoms with E-state index in [4.69, 9.17) is 15.6 Å². The molecule has 0 fully saturated rings. The van der Waals surface area contributed by atoms with Crippen LogP contribution in [0.25, 0.3) is 0 Å². The van der Waals surface area contributed by atoms with Crippen LogP contribution < -0.4 is 15.6 Å². The maximum absolute atomic E-state index is 11.9. The lowest BCUT2D eigenvalue weighted by molar-refractivity contribution is 0.0696. The minimum absolute atomic E-state index is 0. The highest BCUT2D eigenvalue weighted by Gasteiger charge is 2.23. The van der Waals surface area contributed by atoms with Gasteiger partial charge in [0.05, 0.1) is 5.56 Å². The van der Waals surface area contributed by atoms with Crippen LogP contribution in [0.15, 0.2) is 47.4 Å². The molecule has 0 aliphatic rings. The molecule has 0 heterocycles. The molecule has 0 saturated carbocycles. The molecule has 0 aliphatic heterocycles. The second-order valence-electron chi connectivity index (χ2n) is 5.12. The third-order valence-electron chi connectivity index (χ3n) is 3.30. The Morgan fingerprint density at radius 2 is 1.80 bits per heavy atom. The van der Waals surface area contributed by atoms with Gasteiger partial charge in [-0.05, 0) is 49.2 Å². The molecule has 2 aromatic carbocycles. The topological polar surface area (TPSA) is 133 Å². The van der Waals surface area contributed by atoms with Crippen LogP contribution in [0.4, 0.5) is 0 Å². The minimum atomic E-state index is -4.18. The van der Waals surface area contributed by atoms with E-state index in [0.29, 0.717) is 30.7 Å². The Balaban J connectivity index is 0.00000312. The lowest BCUT2D eigenvalue weighted by atomic mass is 10.0. The van der Waals surface area contributed by atoms with Crippen molar-refractivity contribution in [3.63, 3.8) is 0 Å². The van der Waals surface area contributed by atoms with E-state index in [-0.39, 0.29) is 28.6 Å². The first-order valence-electron chi connectivity index (χ1n) is 7.19. The summed E-state index contributed by atoms with van der Waals surface area (Å²) in [4.78, 5) is 10.9. The minimum Gasteiger partial charge on any atom is -0.478 e. The third kappa shape index (κ3) is 5.43. The van der Waals surface area contributed by atoms with E-state index in [1.54, 1.807) is 30.3 Å². The van der Waals surface area contributed by atoms with E-state index in [1.165, 1.54) is 6.07 Å². The summed E-state index contributed by atoms with van der Waals surface area (Å²) in [7, 11) is -4.18. The zero-order valence-electron chi connectivity index (χ0n) is 13.2. The van der Waals surface area contributed by atoms with Crippen LogP contribution in [0, 0.1) is 0 Å². The number of halogens is 1. The van der Waals surface area contributed by atoms with Crippen molar-refractivity contribution >= 4 is 28.4 Å². The number of benzene rings is 2. The quantitative estimate of drug-likeness (QED) is 0.667. The summed E-state index contributed by atoms with van der Waals surface area (Å²) >= 11 is 0. The van der Waals surface area contributed by atoms with Gasteiger partial charge in [0.15, 0.2) is 5.75 Å². The standard InChI is InChI=1S/C16H18N2O5S.ClH/c17-8-4-5-11-9-12(16(19)20)10-14(24(18,21)22)15(11)23-13-6-2-1-3-7-13;/h1-3,6-7,9-10H,4-5,8,17H2,(H,19,20)(H2,18,21,22);1H. The highest BCUT2D eigenvalue weighted by atomic mass is 35.5. The van der Waals surface area contributed by atoms with Gasteiger partial charge in [-0.15, -0.1) is 12.4 Å². The molecule has 0 aromatic heterocycles. The number of carbonyl (C=O) groups is 1. The van der Waals surface area contributed by atoms with Gasteiger partial charge in [-0.25, -0.2) is 18.4 Å². The molecule has 136 valence electrons. The number of carboxylic acids is 1. The monoisotopic (exact) mass is 386 g/mol. The van der Waals surface area contributed by atoms with Gasteiger partial charge in [0.1, 0.15) is 10.6 Å². The van der Waals surface area contributed by atoms with Gasteiger partial charge in [0, 0.05) is 0 Å². The lowest BCUT2D eigenvalue weighted by Gasteiger charge is -2.16. The molecule has 0 amide bonds. The van der Waals surface area contributed by atoms with Crippen molar-refractivity contribution in [1.29, 1.82) is 0 Å². The number of carboxylic acid groups (broad SMARTS) is 1. The SMILES string of the molecule is Cl.NCCCc1cc(C(=O)O)cc(S(N)(=O)=O)c1Oc1ccccc1. The normalized spacial score (nSPS) is 10.8. The largest absolute Gasteiger partial charge is 0.478 e. The van der Waals surface area contributed by atoms with Crippen LogP contribution in [-0.2, 0) is 16.4 Å². The number of ether oxygens (including phenoxy) is 1. The molecular weight excluding hydrogens is 368 g/mol. The van der Waals surface area contributed by atoms with E-state index < -0.39 is 16.0 Å². The van der Waals surface area contributed by atoms with Crippen LogP contribution in [0.1, 0.15) is 22.3 Å². The van der Waals surface area contributed by atoms with E-state index in [9.17, 15) is 18.3 Å². The van der Waals surface area contributed by atoms with Crippen LogP contribution in [0.5, 0.6) is 11.5 Å². The number of aryl methyl sites for hydroxylation is 1. The Morgan fingerprint density at radius 3 is 2.32 bits per heavy atom. The zero-order valence-corrected chi connectivity index (χ0v) is 14.8. The van der Waals surface area contributed by atoms with Crippen molar-refractivity contribution in [3.8, 4) is 11.5 Å². The fourth-order valence-electron chi connectivity index (χ4n) is 2.20. The van der Waals surface area contributed by atoms with Crippen molar-refractivity contribution < 1.29 is 23.1 Å². The molecule has 0 radical (unpaired) electrons. The van der Waals surface area contributed by atoms with E-state index in [1.807, 2.05) is 0 Å². The predicted octanol–water partition coefficient (Wildman–Crippen LogP) is 2.14. The van der Waals surface area contributed by atoms with Crippen LogP contribution in [0.3, 0.4) is 0 Å². The second-order valence-corrected chi connectivity index (χ2v) is 6.65. The second kappa shape index (κ2) is 8.82. The molecule has 5 N–H and O–H groups in total. The van der Waals surface area contributed by atoms with Crippen molar-refractivity contribution in [1.82, 2.24) is 0 Å². The maximum Gasteiger partial charge on any atom is 0.335 e. The molecule has 0 saturated heterocycles. The Morgan fingerprint density at radius 1 is 1.16 bits per heavy atom. The fraction of sp³-hybridized carbons (Fsp3) is 0.188. The molecular formula is C16H19ClN2O5S. The van der Waals surface area contributed by atoms with Crippen LogP contribution in [0.2, 0.25) is 0 Å². The Bertz CT molecular complexity index is 841. The highest BCUT2D eigenvalue weighted by Crippen LogP contribution is 2.34.